The molecule has 0 bridgehead atoms. The van der Waals surface area contributed by atoms with Crippen molar-refractivity contribution in [3.05, 3.63) is 17.5 Å². The molecule has 4 nitrogen and oxygen atoms in total. The minimum absolute atomic E-state index is 0.353. The summed E-state index contributed by atoms with van der Waals surface area (Å²) in [5.74, 6) is 1.89. The summed E-state index contributed by atoms with van der Waals surface area (Å²) in [6, 6.07) is 0.353. The van der Waals surface area contributed by atoms with Crippen molar-refractivity contribution in [1.29, 1.82) is 0 Å². The summed E-state index contributed by atoms with van der Waals surface area (Å²) < 4.78 is 1.96. The van der Waals surface area contributed by atoms with Gasteiger partial charge in [0.15, 0.2) is 0 Å². The summed E-state index contributed by atoms with van der Waals surface area (Å²) in [6.45, 7) is 5.29. The van der Waals surface area contributed by atoms with E-state index in [0.29, 0.717) is 12.6 Å². The Morgan fingerprint density at radius 1 is 1.30 bits per heavy atom. The smallest absolute Gasteiger partial charge is 0.0540 e. The molecule has 0 radical (unpaired) electrons. The van der Waals surface area contributed by atoms with Crippen LogP contribution in [-0.2, 0) is 7.05 Å². The Morgan fingerprint density at radius 2 is 2.05 bits per heavy atom. The maximum Gasteiger partial charge on any atom is 0.0540 e. The number of aromatic nitrogens is 2. The molecule has 1 saturated heterocycles. The molecular formula is C16H28N4. The third-order valence-corrected chi connectivity index (χ3v) is 5.62. The zero-order chi connectivity index (χ0) is 14.1. The van der Waals surface area contributed by atoms with Crippen LogP contribution in [0, 0.1) is 18.8 Å². The molecule has 2 heterocycles. The van der Waals surface area contributed by atoms with Crippen LogP contribution in [0.4, 0.5) is 0 Å². The van der Waals surface area contributed by atoms with Gasteiger partial charge in [0, 0.05) is 31.4 Å². The Morgan fingerprint density at radius 3 is 2.70 bits per heavy atom. The normalized spacial score (nSPS) is 29.1. The molecular weight excluding hydrogens is 248 g/mol. The Balaban J connectivity index is 1.75. The van der Waals surface area contributed by atoms with Crippen LogP contribution in [0.25, 0.3) is 0 Å². The van der Waals surface area contributed by atoms with Gasteiger partial charge in [-0.2, -0.15) is 5.10 Å². The van der Waals surface area contributed by atoms with E-state index >= 15 is 0 Å². The highest BCUT2D eigenvalue weighted by atomic mass is 15.3. The number of piperidine rings is 1. The molecule has 0 spiro atoms. The van der Waals surface area contributed by atoms with Crippen LogP contribution in [-0.4, -0.2) is 34.3 Å². The Kier molecular flexibility index (Phi) is 4.13. The summed E-state index contributed by atoms with van der Waals surface area (Å²) >= 11 is 0. The zero-order valence-corrected chi connectivity index (χ0v) is 12.9. The summed E-state index contributed by atoms with van der Waals surface area (Å²) in [5, 5.41) is 4.40. The molecule has 3 rings (SSSR count). The van der Waals surface area contributed by atoms with Gasteiger partial charge in [0.25, 0.3) is 0 Å². The van der Waals surface area contributed by atoms with E-state index in [1.54, 1.807) is 0 Å². The molecule has 2 aliphatic rings. The first-order chi connectivity index (χ1) is 9.70. The van der Waals surface area contributed by atoms with Crippen molar-refractivity contribution < 1.29 is 0 Å². The highest BCUT2D eigenvalue weighted by molar-refractivity contribution is 5.21. The lowest BCUT2D eigenvalue weighted by Crippen LogP contribution is -2.45. The molecule has 1 saturated carbocycles. The second-order valence-corrected chi connectivity index (χ2v) is 6.65. The van der Waals surface area contributed by atoms with Gasteiger partial charge < -0.3 is 5.73 Å². The number of likely N-dealkylation sites (tertiary alicyclic amines) is 1. The predicted molar refractivity (Wildman–Crippen MR) is 81.4 cm³/mol. The van der Waals surface area contributed by atoms with Crippen LogP contribution < -0.4 is 5.73 Å². The van der Waals surface area contributed by atoms with Gasteiger partial charge in [0.2, 0.25) is 0 Å². The highest BCUT2D eigenvalue weighted by Gasteiger charge is 2.34. The molecule has 1 aliphatic carbocycles. The first-order valence-electron chi connectivity index (χ1n) is 8.13. The monoisotopic (exact) mass is 276 g/mol. The molecule has 3 atom stereocenters. The third-order valence-electron chi connectivity index (χ3n) is 5.62. The van der Waals surface area contributed by atoms with E-state index in [0.717, 1.165) is 11.8 Å². The van der Waals surface area contributed by atoms with Crippen LogP contribution in [0.3, 0.4) is 0 Å². The van der Waals surface area contributed by atoms with Crippen molar-refractivity contribution in [2.75, 3.05) is 19.6 Å². The molecule has 0 amide bonds. The molecule has 1 aromatic rings. The summed E-state index contributed by atoms with van der Waals surface area (Å²) in [6.07, 6.45) is 9.12. The number of nitrogens with two attached hydrogens (primary N) is 1. The Labute approximate surface area is 122 Å². The van der Waals surface area contributed by atoms with Crippen LogP contribution >= 0.6 is 0 Å². The third kappa shape index (κ3) is 2.51. The topological polar surface area (TPSA) is 47.1 Å². The van der Waals surface area contributed by atoms with Gasteiger partial charge in [-0.3, -0.25) is 9.58 Å². The fraction of sp³-hybridized carbons (Fsp3) is 0.812. The van der Waals surface area contributed by atoms with E-state index in [2.05, 4.69) is 16.9 Å². The average molecular weight is 276 g/mol. The van der Waals surface area contributed by atoms with Crippen molar-refractivity contribution >= 4 is 0 Å². The highest BCUT2D eigenvalue weighted by Crippen LogP contribution is 2.38. The van der Waals surface area contributed by atoms with E-state index in [1.165, 1.54) is 56.5 Å². The van der Waals surface area contributed by atoms with E-state index in [-0.39, 0.29) is 0 Å². The van der Waals surface area contributed by atoms with E-state index < -0.39 is 0 Å². The average Bonchev–Trinajstić information content (AvgIpc) is 2.80. The quantitative estimate of drug-likeness (QED) is 0.921. The number of fused-ring (bicyclic) bond motifs is 1. The standard InChI is InChI=1S/C16H28N4/c1-12-15(10-18-19(12)2)16(9-17)20-8-7-13-5-3-4-6-14(13)11-20/h10,13-14,16H,3-9,11,17H2,1-2H3. The van der Waals surface area contributed by atoms with Gasteiger partial charge in [0.05, 0.1) is 12.2 Å². The molecule has 1 aromatic heterocycles. The predicted octanol–water partition coefficient (Wildman–Crippen LogP) is 2.24. The van der Waals surface area contributed by atoms with Crippen LogP contribution in [0.2, 0.25) is 0 Å². The van der Waals surface area contributed by atoms with Gasteiger partial charge in [-0.1, -0.05) is 19.3 Å². The number of aryl methyl sites for hydroxylation is 1. The van der Waals surface area contributed by atoms with Crippen molar-refractivity contribution in [3.8, 4) is 0 Å². The number of hydrogen-bond donors (Lipinski definition) is 1. The van der Waals surface area contributed by atoms with Crippen molar-refractivity contribution in [2.45, 2.75) is 45.1 Å². The van der Waals surface area contributed by atoms with E-state index in [9.17, 15) is 0 Å². The van der Waals surface area contributed by atoms with Gasteiger partial charge in [0.1, 0.15) is 0 Å². The van der Waals surface area contributed by atoms with Gasteiger partial charge in [-0.15, -0.1) is 0 Å². The Bertz CT molecular complexity index is 453. The molecule has 0 aromatic carbocycles. The summed E-state index contributed by atoms with van der Waals surface area (Å²) in [4.78, 5) is 2.62. The first-order valence-corrected chi connectivity index (χ1v) is 8.13. The van der Waals surface area contributed by atoms with Crippen molar-refractivity contribution in [1.82, 2.24) is 14.7 Å². The molecule has 1 aliphatic heterocycles. The van der Waals surface area contributed by atoms with Gasteiger partial charge >= 0.3 is 0 Å². The minimum atomic E-state index is 0.353. The molecule has 112 valence electrons. The number of nitrogens with zero attached hydrogens (tertiary/aromatic N) is 3. The lowest BCUT2D eigenvalue weighted by atomic mass is 9.74. The summed E-state index contributed by atoms with van der Waals surface area (Å²) in [5.41, 5.74) is 8.68. The van der Waals surface area contributed by atoms with Gasteiger partial charge in [-0.25, -0.2) is 0 Å². The van der Waals surface area contributed by atoms with E-state index in [4.69, 9.17) is 5.73 Å². The lowest BCUT2D eigenvalue weighted by molar-refractivity contribution is 0.0584. The zero-order valence-electron chi connectivity index (χ0n) is 12.9. The van der Waals surface area contributed by atoms with Crippen LogP contribution in [0.5, 0.6) is 0 Å². The number of hydrogen-bond acceptors (Lipinski definition) is 3. The maximum absolute atomic E-state index is 6.10. The largest absolute Gasteiger partial charge is 0.329 e. The second kappa shape index (κ2) is 5.86. The van der Waals surface area contributed by atoms with Crippen LogP contribution in [0.1, 0.15) is 49.4 Å². The van der Waals surface area contributed by atoms with Gasteiger partial charge in [-0.05, 0) is 38.1 Å². The molecule has 4 heteroatoms. The SMILES string of the molecule is Cc1c(C(CN)N2CCC3CCCCC3C2)cnn1C. The molecule has 20 heavy (non-hydrogen) atoms. The van der Waals surface area contributed by atoms with Crippen molar-refractivity contribution in [3.63, 3.8) is 0 Å². The minimum Gasteiger partial charge on any atom is -0.329 e. The molecule has 2 fully saturated rings. The fourth-order valence-electron chi connectivity index (χ4n) is 4.23. The summed E-state index contributed by atoms with van der Waals surface area (Å²) in [7, 11) is 2.01. The molecule has 3 unspecified atom stereocenters. The van der Waals surface area contributed by atoms with Crippen LogP contribution in [0.15, 0.2) is 6.20 Å². The number of rotatable bonds is 3. The lowest BCUT2D eigenvalue weighted by Gasteiger charge is -2.44. The van der Waals surface area contributed by atoms with Crippen molar-refractivity contribution in [2.24, 2.45) is 24.6 Å². The maximum atomic E-state index is 6.10. The second-order valence-electron chi connectivity index (χ2n) is 6.65. The Hall–Kier alpha value is -0.870. The van der Waals surface area contributed by atoms with E-state index in [1.807, 2.05) is 17.9 Å². The molecule has 2 N–H and O–H groups in total. The fourth-order valence-corrected chi connectivity index (χ4v) is 4.23. The first kappa shape index (κ1) is 14.1.